The number of aromatic nitrogens is 2. The number of imidazole rings is 1. The molecule has 3 amide bonds. The van der Waals surface area contributed by atoms with Crippen molar-refractivity contribution >= 4 is 11.9 Å². The van der Waals surface area contributed by atoms with Crippen LogP contribution in [0.4, 0.5) is 4.79 Å². The zero-order chi connectivity index (χ0) is 16.8. The molecule has 1 fully saturated rings. The number of hydrogen-bond donors (Lipinski definition) is 2. The number of nitrogens with zero attached hydrogens (tertiary/aromatic N) is 4. The Morgan fingerprint density at radius 2 is 2.26 bits per heavy atom. The fourth-order valence-corrected chi connectivity index (χ4v) is 2.87. The van der Waals surface area contributed by atoms with Crippen LogP contribution >= 0.6 is 0 Å². The first-order valence-corrected chi connectivity index (χ1v) is 7.94. The van der Waals surface area contributed by atoms with Gasteiger partial charge in [0.1, 0.15) is 5.82 Å². The van der Waals surface area contributed by atoms with Crippen LogP contribution in [-0.2, 0) is 11.3 Å². The Balaban J connectivity index is 1.97. The minimum absolute atomic E-state index is 0.0445. The maximum Gasteiger partial charge on any atom is 0.312 e. The van der Waals surface area contributed by atoms with E-state index in [0.717, 1.165) is 31.8 Å². The average Bonchev–Trinajstić information content (AvgIpc) is 2.99. The molecular weight excluding hydrogens is 296 g/mol. The third-order valence-corrected chi connectivity index (χ3v) is 4.09. The van der Waals surface area contributed by atoms with Gasteiger partial charge in [0.2, 0.25) is 5.91 Å². The molecule has 0 radical (unpaired) electrons. The van der Waals surface area contributed by atoms with Crippen LogP contribution in [-0.4, -0.2) is 71.6 Å². The molecule has 8 heteroatoms. The highest BCUT2D eigenvalue weighted by Gasteiger charge is 2.27. The molecule has 1 aliphatic heterocycles. The van der Waals surface area contributed by atoms with Crippen molar-refractivity contribution in [1.29, 1.82) is 0 Å². The molecule has 0 aromatic carbocycles. The molecule has 1 saturated heterocycles. The van der Waals surface area contributed by atoms with Crippen molar-refractivity contribution in [3.05, 3.63) is 18.2 Å². The second-order valence-electron chi connectivity index (χ2n) is 6.18. The Morgan fingerprint density at radius 1 is 1.48 bits per heavy atom. The molecule has 0 saturated carbocycles. The van der Waals surface area contributed by atoms with Crippen molar-refractivity contribution in [3.63, 3.8) is 0 Å². The summed E-state index contributed by atoms with van der Waals surface area (Å²) in [5, 5.41) is 2.36. The van der Waals surface area contributed by atoms with Gasteiger partial charge in [-0.25, -0.2) is 9.78 Å². The number of urea groups is 1. The van der Waals surface area contributed by atoms with Crippen LogP contribution in [0, 0.1) is 0 Å². The minimum Gasteiger partial charge on any atom is -0.352 e. The van der Waals surface area contributed by atoms with Crippen molar-refractivity contribution in [2.75, 3.05) is 40.3 Å². The van der Waals surface area contributed by atoms with Gasteiger partial charge in [0, 0.05) is 44.5 Å². The molecule has 0 bridgehead atoms. The van der Waals surface area contributed by atoms with Crippen LogP contribution in [0.3, 0.4) is 0 Å². The monoisotopic (exact) mass is 322 g/mol. The lowest BCUT2D eigenvalue weighted by Gasteiger charge is -2.32. The molecule has 128 valence electrons. The summed E-state index contributed by atoms with van der Waals surface area (Å²) in [6.07, 6.45) is 5.77. The number of rotatable bonds is 6. The Hall–Kier alpha value is -2.09. The number of likely N-dealkylation sites (tertiary alicyclic amines) is 1. The lowest BCUT2D eigenvalue weighted by atomic mass is 9.97. The summed E-state index contributed by atoms with van der Waals surface area (Å²) in [6, 6.07) is -0.675. The Kier molecular flexibility index (Phi) is 5.97. The molecule has 0 spiro atoms. The maximum atomic E-state index is 12.1. The van der Waals surface area contributed by atoms with Gasteiger partial charge < -0.3 is 25.4 Å². The normalized spacial score (nSPS) is 18.2. The summed E-state index contributed by atoms with van der Waals surface area (Å²) < 4.78 is 2.17. The predicted octanol–water partition coefficient (Wildman–Crippen LogP) is -0.181. The van der Waals surface area contributed by atoms with Gasteiger partial charge in [-0.15, -0.1) is 0 Å². The van der Waals surface area contributed by atoms with E-state index in [1.54, 1.807) is 4.90 Å². The van der Waals surface area contributed by atoms with Crippen LogP contribution < -0.4 is 11.1 Å². The van der Waals surface area contributed by atoms with Crippen molar-refractivity contribution in [2.45, 2.75) is 25.3 Å². The smallest absolute Gasteiger partial charge is 0.312 e. The first kappa shape index (κ1) is 17.3. The van der Waals surface area contributed by atoms with E-state index in [0.29, 0.717) is 13.1 Å². The highest BCUT2D eigenvalue weighted by molar-refractivity contribution is 5.83. The Bertz CT molecular complexity index is 542. The molecule has 1 aliphatic rings. The zero-order valence-corrected chi connectivity index (χ0v) is 13.9. The van der Waals surface area contributed by atoms with E-state index >= 15 is 0 Å². The predicted molar refractivity (Wildman–Crippen MR) is 86.9 cm³/mol. The maximum absolute atomic E-state index is 12.1. The van der Waals surface area contributed by atoms with Gasteiger partial charge in [-0.05, 0) is 26.9 Å². The lowest BCUT2D eigenvalue weighted by molar-refractivity contribution is -0.131. The Labute approximate surface area is 136 Å². The van der Waals surface area contributed by atoms with Gasteiger partial charge in [-0.3, -0.25) is 4.79 Å². The zero-order valence-electron chi connectivity index (χ0n) is 13.9. The Morgan fingerprint density at radius 3 is 2.96 bits per heavy atom. The largest absolute Gasteiger partial charge is 0.352 e. The molecule has 0 aliphatic carbocycles. The van der Waals surface area contributed by atoms with Gasteiger partial charge in [-0.2, -0.15) is 0 Å². The molecular formula is C15H26N6O2. The molecule has 8 nitrogen and oxygen atoms in total. The van der Waals surface area contributed by atoms with E-state index in [4.69, 9.17) is 5.73 Å². The fourth-order valence-electron chi connectivity index (χ4n) is 2.87. The number of hydrogen-bond acceptors (Lipinski definition) is 4. The summed E-state index contributed by atoms with van der Waals surface area (Å²) in [5.74, 6) is 1.17. The topological polar surface area (TPSA) is 96.5 Å². The molecule has 1 aromatic rings. The number of carbonyl (C=O) groups excluding carboxylic acids is 2. The highest BCUT2D eigenvalue weighted by Crippen LogP contribution is 2.25. The molecule has 2 heterocycles. The number of nitrogens with one attached hydrogen (secondary N) is 1. The third kappa shape index (κ3) is 4.95. The minimum atomic E-state index is -0.675. The third-order valence-electron chi connectivity index (χ3n) is 4.09. The van der Waals surface area contributed by atoms with Crippen LogP contribution in [0.1, 0.15) is 24.6 Å². The first-order chi connectivity index (χ1) is 11.0. The van der Waals surface area contributed by atoms with E-state index < -0.39 is 6.03 Å². The first-order valence-electron chi connectivity index (χ1n) is 7.94. The number of amides is 3. The van der Waals surface area contributed by atoms with Crippen LogP contribution in [0.15, 0.2) is 12.4 Å². The summed E-state index contributed by atoms with van der Waals surface area (Å²) >= 11 is 0. The fraction of sp³-hybridized carbons (Fsp3) is 0.667. The molecule has 23 heavy (non-hydrogen) atoms. The van der Waals surface area contributed by atoms with Crippen LogP contribution in [0.25, 0.3) is 0 Å². The van der Waals surface area contributed by atoms with E-state index in [2.05, 4.69) is 19.8 Å². The second-order valence-corrected chi connectivity index (χ2v) is 6.18. The van der Waals surface area contributed by atoms with Crippen LogP contribution in [0.5, 0.6) is 0 Å². The van der Waals surface area contributed by atoms with Gasteiger partial charge in [0.05, 0.1) is 6.54 Å². The van der Waals surface area contributed by atoms with Crippen molar-refractivity contribution in [1.82, 2.24) is 24.7 Å². The van der Waals surface area contributed by atoms with Crippen molar-refractivity contribution in [3.8, 4) is 0 Å². The van der Waals surface area contributed by atoms with E-state index in [-0.39, 0.29) is 18.4 Å². The summed E-state index contributed by atoms with van der Waals surface area (Å²) in [7, 11) is 4.09. The molecule has 1 unspecified atom stereocenters. The molecule has 1 aromatic heterocycles. The number of nitrogens with two attached hydrogens (primary N) is 1. The van der Waals surface area contributed by atoms with Gasteiger partial charge in [-0.1, -0.05) is 0 Å². The number of piperidine rings is 1. The summed E-state index contributed by atoms with van der Waals surface area (Å²) in [5.41, 5.74) is 5.01. The molecule has 1 atom stereocenters. The number of carbonyl (C=O) groups is 2. The molecule has 2 rings (SSSR count). The lowest BCUT2D eigenvalue weighted by Crippen LogP contribution is -2.45. The van der Waals surface area contributed by atoms with Gasteiger partial charge in [0.15, 0.2) is 0 Å². The van der Waals surface area contributed by atoms with E-state index in [9.17, 15) is 9.59 Å². The summed E-state index contributed by atoms with van der Waals surface area (Å²) in [6.45, 7) is 3.14. The van der Waals surface area contributed by atoms with Crippen LogP contribution in [0.2, 0.25) is 0 Å². The quantitative estimate of drug-likeness (QED) is 0.759. The standard InChI is InChI=1S/C15H26N6O2/c1-19(2)8-9-20-7-5-17-14(20)12-4-3-6-21(11-12)13(22)10-18-15(16)23/h5,7,12H,3-4,6,8-11H2,1-2H3,(H3,16,18,23). The second kappa shape index (κ2) is 7.96. The SMILES string of the molecule is CN(C)CCn1ccnc1C1CCCN(C(=O)CNC(N)=O)C1. The van der Waals surface area contributed by atoms with E-state index in [1.807, 2.05) is 26.5 Å². The highest BCUT2D eigenvalue weighted by atomic mass is 16.2. The average molecular weight is 322 g/mol. The summed E-state index contributed by atoms with van der Waals surface area (Å²) in [4.78, 5) is 31.3. The van der Waals surface area contributed by atoms with E-state index in [1.165, 1.54) is 0 Å². The van der Waals surface area contributed by atoms with Crippen molar-refractivity contribution in [2.24, 2.45) is 5.73 Å². The molecule has 3 N–H and O–H groups in total. The number of likely N-dealkylation sites (N-methyl/N-ethyl adjacent to an activating group) is 1. The van der Waals surface area contributed by atoms with Crippen molar-refractivity contribution < 1.29 is 9.59 Å². The van der Waals surface area contributed by atoms with Gasteiger partial charge in [0.25, 0.3) is 0 Å². The number of primary amides is 1. The van der Waals surface area contributed by atoms with Gasteiger partial charge >= 0.3 is 6.03 Å².